The molecular formula is C18H17N2O13PS3. The second-order valence-corrected chi connectivity index (χ2v) is 13.4. The number of phosphoric acid groups is 1. The van der Waals surface area contributed by atoms with Crippen LogP contribution in [-0.2, 0) is 39.2 Å². The van der Waals surface area contributed by atoms with Gasteiger partial charge in [-0.2, -0.15) is 21.9 Å². The molecule has 0 bridgehead atoms. The number of phenolic OH excluding ortho intramolecular Hbond substituents is 1. The number of aromatic hydroxyl groups is 1. The number of hydrogen-bond donors (Lipinski definition) is 5. The Bertz CT molecular complexity index is 1760. The average Bonchev–Trinajstić information content (AvgIpc) is 2.76. The smallest absolute Gasteiger partial charge is 0.469 e. The lowest BCUT2D eigenvalue weighted by Gasteiger charge is -2.09. The van der Waals surface area contributed by atoms with Crippen LogP contribution in [-0.4, -0.2) is 61.6 Å². The number of phosphoric ester groups is 1. The van der Waals surface area contributed by atoms with Crippen LogP contribution < -0.4 is 0 Å². The molecule has 3 aromatic rings. The first-order valence-corrected chi connectivity index (χ1v) is 15.6. The summed E-state index contributed by atoms with van der Waals surface area (Å²) in [7, 11) is -18.5. The molecule has 0 aromatic heterocycles. The predicted octanol–water partition coefficient (Wildman–Crippen LogP) is 2.34. The molecule has 0 aliphatic heterocycles. The van der Waals surface area contributed by atoms with Gasteiger partial charge in [0.15, 0.2) is 15.6 Å². The van der Waals surface area contributed by atoms with Gasteiger partial charge in [-0.25, -0.2) is 13.0 Å². The molecule has 3 aromatic carbocycles. The van der Waals surface area contributed by atoms with E-state index < -0.39 is 71.5 Å². The first-order valence-electron chi connectivity index (χ1n) is 9.58. The van der Waals surface area contributed by atoms with Gasteiger partial charge in [0.1, 0.15) is 10.6 Å². The van der Waals surface area contributed by atoms with Crippen molar-refractivity contribution in [3.63, 3.8) is 0 Å². The van der Waals surface area contributed by atoms with Crippen molar-refractivity contribution >= 4 is 60.0 Å². The maximum atomic E-state index is 12.3. The predicted molar refractivity (Wildman–Crippen MR) is 126 cm³/mol. The number of benzene rings is 3. The van der Waals surface area contributed by atoms with Crippen LogP contribution in [0.5, 0.6) is 5.75 Å². The highest BCUT2D eigenvalue weighted by molar-refractivity contribution is 7.91. The molecule has 0 saturated carbocycles. The summed E-state index contributed by atoms with van der Waals surface area (Å²) in [5.74, 6) is -1.53. The van der Waals surface area contributed by atoms with Gasteiger partial charge in [-0.05, 0) is 53.9 Å². The highest BCUT2D eigenvalue weighted by Gasteiger charge is 2.23. The maximum absolute atomic E-state index is 12.3. The minimum absolute atomic E-state index is 0.0204. The van der Waals surface area contributed by atoms with Crippen molar-refractivity contribution in [3.05, 3.63) is 48.5 Å². The first kappa shape index (κ1) is 28.8. The molecule has 0 atom stereocenters. The van der Waals surface area contributed by atoms with Gasteiger partial charge < -0.3 is 14.9 Å². The molecule has 200 valence electrons. The molecule has 19 heteroatoms. The van der Waals surface area contributed by atoms with E-state index >= 15 is 0 Å². The Balaban J connectivity index is 1.98. The van der Waals surface area contributed by atoms with Gasteiger partial charge in [0, 0.05) is 5.39 Å². The number of sulfone groups is 1. The Kier molecular flexibility index (Phi) is 7.90. The lowest BCUT2D eigenvalue weighted by molar-refractivity contribution is 0.207. The summed E-state index contributed by atoms with van der Waals surface area (Å²) in [4.78, 5) is 15.5. The van der Waals surface area contributed by atoms with E-state index in [1.54, 1.807) is 0 Å². The second-order valence-electron chi connectivity index (χ2n) is 7.24. The topological polar surface area (TPSA) is 255 Å². The van der Waals surface area contributed by atoms with Crippen LogP contribution in [0.25, 0.3) is 10.8 Å². The summed E-state index contributed by atoms with van der Waals surface area (Å²) in [6.45, 7) is -0.764. The lowest BCUT2D eigenvalue weighted by atomic mass is 10.1. The van der Waals surface area contributed by atoms with Crippen LogP contribution in [0.4, 0.5) is 11.4 Å². The van der Waals surface area contributed by atoms with E-state index in [0.717, 1.165) is 48.5 Å². The summed E-state index contributed by atoms with van der Waals surface area (Å²) in [5.41, 5.74) is -0.728. The largest absolute Gasteiger partial charge is 0.505 e. The fraction of sp³-hybridized carbons (Fsp3) is 0.111. The number of fused-ring (bicyclic) bond motifs is 1. The molecule has 5 N–H and O–H groups in total. The van der Waals surface area contributed by atoms with Crippen LogP contribution in [0.15, 0.2) is 73.4 Å². The molecular weight excluding hydrogens is 579 g/mol. The van der Waals surface area contributed by atoms with E-state index in [9.17, 15) is 44.0 Å². The zero-order chi connectivity index (χ0) is 27.8. The Hall–Kier alpha value is -2.80. The van der Waals surface area contributed by atoms with Gasteiger partial charge in [0.2, 0.25) is 0 Å². The molecule has 0 amide bonds. The number of azo groups is 1. The molecule has 37 heavy (non-hydrogen) atoms. The first-order chi connectivity index (χ1) is 16.9. The standard InChI is InChI=1S/C18H17N2O13PS3/c21-18-15-6-5-14(36(27,28)29)9-11(15)10-16(37(30,31)32)17(18)20-19-12-1-3-13(4-2-12)35(25,26)8-7-33-34(22,23)24/h1-6,9-10,21H,7-8H2,(H2,22,23,24)(H,27,28,29)(H,30,31,32). The minimum Gasteiger partial charge on any atom is -0.505 e. The van der Waals surface area contributed by atoms with Gasteiger partial charge in [0.25, 0.3) is 20.2 Å². The zero-order valence-corrected chi connectivity index (χ0v) is 21.4. The molecule has 0 spiro atoms. The Morgan fingerprint density at radius 1 is 0.811 bits per heavy atom. The van der Waals surface area contributed by atoms with Crippen molar-refractivity contribution in [2.75, 3.05) is 12.4 Å². The van der Waals surface area contributed by atoms with E-state index in [1.165, 1.54) is 0 Å². The normalized spacial score (nSPS) is 13.4. The lowest BCUT2D eigenvalue weighted by Crippen LogP contribution is -2.11. The van der Waals surface area contributed by atoms with Crippen molar-refractivity contribution in [3.8, 4) is 5.75 Å². The highest BCUT2D eigenvalue weighted by atomic mass is 32.2. The van der Waals surface area contributed by atoms with E-state index in [2.05, 4.69) is 14.8 Å². The molecule has 0 aliphatic carbocycles. The number of hydrogen-bond acceptors (Lipinski definition) is 11. The Morgan fingerprint density at radius 3 is 1.95 bits per heavy atom. The minimum atomic E-state index is -5.02. The van der Waals surface area contributed by atoms with Gasteiger partial charge in [0.05, 0.1) is 27.8 Å². The summed E-state index contributed by atoms with van der Waals surface area (Å²) >= 11 is 0. The Labute approximate surface area is 209 Å². The number of nitrogens with zero attached hydrogens (tertiary/aromatic N) is 2. The fourth-order valence-electron chi connectivity index (χ4n) is 3.00. The monoisotopic (exact) mass is 596 g/mol. The van der Waals surface area contributed by atoms with Crippen molar-refractivity contribution in [1.29, 1.82) is 0 Å². The molecule has 0 fully saturated rings. The fourth-order valence-corrected chi connectivity index (χ4v) is 5.71. The molecule has 0 unspecified atom stereocenters. The SMILES string of the molecule is O=P(O)(O)OCCS(=O)(=O)c1ccc(N=Nc2c(S(=O)(=O)O)cc3cc(S(=O)(=O)O)ccc3c2O)cc1. The second kappa shape index (κ2) is 10.2. The number of rotatable bonds is 9. The summed E-state index contributed by atoms with van der Waals surface area (Å²) in [6, 6.07) is 8.16. The van der Waals surface area contributed by atoms with Crippen molar-refractivity contribution in [1.82, 2.24) is 0 Å². The van der Waals surface area contributed by atoms with Gasteiger partial charge in [-0.15, -0.1) is 5.11 Å². The van der Waals surface area contributed by atoms with E-state index in [0.29, 0.717) is 0 Å². The van der Waals surface area contributed by atoms with E-state index in [4.69, 9.17) is 9.79 Å². The maximum Gasteiger partial charge on any atom is 0.469 e. The van der Waals surface area contributed by atoms with Gasteiger partial charge >= 0.3 is 7.82 Å². The van der Waals surface area contributed by atoms with Crippen LogP contribution in [0, 0.1) is 0 Å². The molecule has 3 rings (SSSR count). The number of phenols is 1. The third kappa shape index (κ3) is 7.16. The van der Waals surface area contributed by atoms with Gasteiger partial charge in [-0.3, -0.25) is 13.6 Å². The van der Waals surface area contributed by atoms with Crippen LogP contribution >= 0.6 is 7.82 Å². The van der Waals surface area contributed by atoms with Crippen LogP contribution in [0.2, 0.25) is 0 Å². The van der Waals surface area contributed by atoms with Crippen molar-refractivity contribution in [2.45, 2.75) is 14.7 Å². The molecule has 0 aliphatic rings. The molecule has 15 nitrogen and oxygen atoms in total. The van der Waals surface area contributed by atoms with Crippen molar-refractivity contribution < 1.29 is 58.3 Å². The van der Waals surface area contributed by atoms with E-state index in [-0.39, 0.29) is 21.4 Å². The van der Waals surface area contributed by atoms with Crippen LogP contribution in [0.1, 0.15) is 0 Å². The Morgan fingerprint density at radius 2 is 1.41 bits per heavy atom. The third-order valence-corrected chi connectivity index (χ3v) is 8.60. The summed E-state index contributed by atoms with van der Waals surface area (Å²) < 4.78 is 105. The quantitative estimate of drug-likeness (QED) is 0.135. The summed E-state index contributed by atoms with van der Waals surface area (Å²) in [6.07, 6.45) is 0. The molecule has 0 saturated heterocycles. The summed E-state index contributed by atoms with van der Waals surface area (Å²) in [5, 5.41) is 17.7. The van der Waals surface area contributed by atoms with Gasteiger partial charge in [-0.1, -0.05) is 0 Å². The third-order valence-electron chi connectivity index (χ3n) is 4.67. The molecule has 0 heterocycles. The molecule has 0 radical (unpaired) electrons. The van der Waals surface area contributed by atoms with Crippen molar-refractivity contribution in [2.24, 2.45) is 10.2 Å². The van der Waals surface area contributed by atoms with Crippen LogP contribution in [0.3, 0.4) is 0 Å². The zero-order valence-electron chi connectivity index (χ0n) is 18.1. The highest BCUT2D eigenvalue weighted by Crippen LogP contribution is 2.42. The average molecular weight is 597 g/mol. The van der Waals surface area contributed by atoms with E-state index in [1.807, 2.05) is 0 Å².